The monoisotopic (exact) mass is 425 g/mol. The number of benzene rings is 1. The average molecular weight is 426 g/mol. The molecule has 1 saturated heterocycles. The van der Waals surface area contributed by atoms with Gasteiger partial charge in [-0.25, -0.2) is 13.4 Å². The smallest absolute Gasteiger partial charge is 0.233 e. The number of carbonyl (C=O) groups is 1. The molecule has 1 amide bonds. The Labute approximate surface area is 170 Å². The molecule has 2 atom stereocenters. The van der Waals surface area contributed by atoms with Crippen LogP contribution in [0.4, 0.5) is 0 Å². The number of rotatable bonds is 8. The highest BCUT2D eigenvalue weighted by Crippen LogP contribution is 2.26. The second-order valence-corrected chi connectivity index (χ2v) is 10.3. The van der Waals surface area contributed by atoms with Crippen LogP contribution in [-0.2, 0) is 14.6 Å². The Morgan fingerprint density at radius 3 is 2.86 bits per heavy atom. The number of amides is 1. The van der Waals surface area contributed by atoms with Gasteiger partial charge in [-0.1, -0.05) is 18.7 Å². The second kappa shape index (κ2) is 8.73. The van der Waals surface area contributed by atoms with E-state index in [4.69, 9.17) is 4.74 Å². The van der Waals surface area contributed by atoms with Crippen molar-refractivity contribution in [2.45, 2.75) is 50.9 Å². The predicted octanol–water partition coefficient (Wildman–Crippen LogP) is 2.87. The number of fused-ring (bicyclic) bond motifs is 1. The molecule has 154 valence electrons. The summed E-state index contributed by atoms with van der Waals surface area (Å²) in [5, 5.41) is 0.667. The van der Waals surface area contributed by atoms with Crippen LogP contribution >= 0.6 is 11.8 Å². The third kappa shape index (κ3) is 4.81. The molecule has 7 nitrogen and oxygen atoms in total. The van der Waals surface area contributed by atoms with Crippen molar-refractivity contribution in [3.8, 4) is 5.75 Å². The SMILES string of the molecule is CCOc1ccc2nc(SCC(=O)N([C@@H]3CCS(=O)(=O)C3)[C@H](C)CC)[nH]c2c1. The number of nitrogens with zero attached hydrogens (tertiary/aromatic N) is 2. The lowest BCUT2D eigenvalue weighted by molar-refractivity contribution is -0.132. The minimum atomic E-state index is -3.04. The van der Waals surface area contributed by atoms with Crippen LogP contribution in [0.5, 0.6) is 5.75 Å². The minimum absolute atomic E-state index is 0.0100. The van der Waals surface area contributed by atoms with Crippen LogP contribution in [0.25, 0.3) is 11.0 Å². The summed E-state index contributed by atoms with van der Waals surface area (Å²) in [5.74, 6) is 1.18. The molecule has 0 radical (unpaired) electrons. The molecule has 0 aliphatic carbocycles. The fraction of sp³-hybridized carbons (Fsp3) is 0.579. The zero-order valence-corrected chi connectivity index (χ0v) is 18.1. The summed E-state index contributed by atoms with van der Waals surface area (Å²) in [6.45, 7) is 6.52. The minimum Gasteiger partial charge on any atom is -0.494 e. The highest BCUT2D eigenvalue weighted by atomic mass is 32.2. The molecule has 3 rings (SSSR count). The Morgan fingerprint density at radius 2 is 2.21 bits per heavy atom. The second-order valence-electron chi connectivity index (χ2n) is 7.06. The van der Waals surface area contributed by atoms with Crippen molar-refractivity contribution in [1.82, 2.24) is 14.9 Å². The number of sulfone groups is 1. The molecule has 1 aromatic heterocycles. The van der Waals surface area contributed by atoms with Crippen molar-refractivity contribution in [3.05, 3.63) is 18.2 Å². The lowest BCUT2D eigenvalue weighted by Crippen LogP contribution is -2.47. The summed E-state index contributed by atoms with van der Waals surface area (Å²) in [6.07, 6.45) is 1.31. The maximum absolute atomic E-state index is 12.9. The Hall–Kier alpha value is -1.74. The first-order valence-corrected chi connectivity index (χ1v) is 12.4. The van der Waals surface area contributed by atoms with Gasteiger partial charge in [0.15, 0.2) is 15.0 Å². The van der Waals surface area contributed by atoms with Gasteiger partial charge in [-0.05, 0) is 38.8 Å². The molecular weight excluding hydrogens is 398 g/mol. The molecule has 0 spiro atoms. The third-order valence-corrected chi connectivity index (χ3v) is 7.64. The van der Waals surface area contributed by atoms with Crippen molar-refractivity contribution >= 4 is 38.5 Å². The highest BCUT2D eigenvalue weighted by molar-refractivity contribution is 7.99. The maximum atomic E-state index is 12.9. The van der Waals surface area contributed by atoms with Crippen LogP contribution < -0.4 is 4.74 Å². The molecular formula is C19H27N3O4S2. The van der Waals surface area contributed by atoms with Gasteiger partial charge in [-0.2, -0.15) is 0 Å². The quantitative estimate of drug-likeness (QED) is 0.654. The number of imidazole rings is 1. The Balaban J connectivity index is 1.69. The van der Waals surface area contributed by atoms with Gasteiger partial charge in [0.05, 0.1) is 34.9 Å². The van der Waals surface area contributed by atoms with E-state index in [2.05, 4.69) is 9.97 Å². The zero-order chi connectivity index (χ0) is 20.3. The van der Waals surface area contributed by atoms with Crippen molar-refractivity contribution < 1.29 is 17.9 Å². The Morgan fingerprint density at radius 1 is 1.43 bits per heavy atom. The summed E-state index contributed by atoms with van der Waals surface area (Å²) in [7, 11) is -3.04. The number of carbonyl (C=O) groups excluding carboxylic acids is 1. The Bertz CT molecular complexity index is 942. The van der Waals surface area contributed by atoms with Gasteiger partial charge in [0.2, 0.25) is 5.91 Å². The average Bonchev–Trinajstić information content (AvgIpc) is 3.22. The van der Waals surface area contributed by atoms with Crippen molar-refractivity contribution in [3.63, 3.8) is 0 Å². The molecule has 2 heterocycles. The number of hydrogen-bond acceptors (Lipinski definition) is 6. The van der Waals surface area contributed by atoms with Crippen LogP contribution in [0.3, 0.4) is 0 Å². The molecule has 1 aliphatic rings. The first-order chi connectivity index (χ1) is 13.3. The molecule has 0 unspecified atom stereocenters. The molecule has 9 heteroatoms. The van der Waals surface area contributed by atoms with Gasteiger partial charge in [0, 0.05) is 18.2 Å². The maximum Gasteiger partial charge on any atom is 0.233 e. The number of nitrogens with one attached hydrogen (secondary N) is 1. The van der Waals surface area contributed by atoms with Gasteiger partial charge < -0.3 is 14.6 Å². The van der Waals surface area contributed by atoms with Gasteiger partial charge in [-0.3, -0.25) is 4.79 Å². The number of H-pyrrole nitrogens is 1. The number of aromatic nitrogens is 2. The van der Waals surface area contributed by atoms with E-state index in [-0.39, 0.29) is 35.2 Å². The van der Waals surface area contributed by atoms with E-state index >= 15 is 0 Å². The summed E-state index contributed by atoms with van der Waals surface area (Å²) in [6, 6.07) is 5.44. The molecule has 0 saturated carbocycles. The van der Waals surface area contributed by atoms with Gasteiger partial charge in [0.1, 0.15) is 5.75 Å². The lowest BCUT2D eigenvalue weighted by Gasteiger charge is -2.33. The van der Waals surface area contributed by atoms with Gasteiger partial charge in [-0.15, -0.1) is 0 Å². The van der Waals surface area contributed by atoms with E-state index in [1.165, 1.54) is 11.8 Å². The first kappa shape index (κ1) is 21.0. The van der Waals surface area contributed by atoms with E-state index in [0.29, 0.717) is 18.2 Å². The standard InChI is InChI=1S/C19H27N3O4S2/c1-4-13(3)22(14-8-9-28(24,25)12-14)18(23)11-27-19-20-16-7-6-15(26-5-2)10-17(16)21-19/h6-7,10,13-14H,4-5,8-9,11-12H2,1-3H3,(H,20,21)/t13-,14-/m1/s1. The summed E-state index contributed by atoms with van der Waals surface area (Å²) in [4.78, 5) is 22.4. The zero-order valence-electron chi connectivity index (χ0n) is 16.5. The van der Waals surface area contributed by atoms with E-state index in [1.807, 2.05) is 39.0 Å². The van der Waals surface area contributed by atoms with Crippen molar-refractivity contribution in [2.75, 3.05) is 23.9 Å². The lowest BCUT2D eigenvalue weighted by atomic mass is 10.1. The molecule has 1 N–H and O–H groups in total. The van der Waals surface area contributed by atoms with Crippen LogP contribution in [0, 0.1) is 0 Å². The molecule has 1 aliphatic heterocycles. The molecule has 1 fully saturated rings. The van der Waals surface area contributed by atoms with E-state index in [1.54, 1.807) is 4.90 Å². The van der Waals surface area contributed by atoms with Crippen molar-refractivity contribution in [2.24, 2.45) is 0 Å². The first-order valence-electron chi connectivity index (χ1n) is 9.60. The van der Waals surface area contributed by atoms with Gasteiger partial charge >= 0.3 is 0 Å². The summed E-state index contributed by atoms with van der Waals surface area (Å²) < 4.78 is 29.2. The van der Waals surface area contributed by atoms with Crippen LogP contribution in [0.2, 0.25) is 0 Å². The van der Waals surface area contributed by atoms with Crippen LogP contribution in [0.1, 0.15) is 33.6 Å². The van der Waals surface area contributed by atoms with E-state index < -0.39 is 9.84 Å². The fourth-order valence-electron chi connectivity index (χ4n) is 3.50. The predicted molar refractivity (Wildman–Crippen MR) is 112 cm³/mol. The van der Waals surface area contributed by atoms with Crippen LogP contribution in [-0.4, -0.2) is 65.1 Å². The van der Waals surface area contributed by atoms with E-state index in [0.717, 1.165) is 23.2 Å². The summed E-state index contributed by atoms with van der Waals surface area (Å²) in [5.41, 5.74) is 1.68. The third-order valence-electron chi connectivity index (χ3n) is 5.03. The highest BCUT2D eigenvalue weighted by Gasteiger charge is 2.36. The Kier molecular flexibility index (Phi) is 6.54. The topological polar surface area (TPSA) is 92.4 Å². The molecule has 0 bridgehead atoms. The number of hydrogen-bond donors (Lipinski definition) is 1. The normalized spacial score (nSPS) is 19.6. The van der Waals surface area contributed by atoms with Crippen LogP contribution in [0.15, 0.2) is 23.4 Å². The number of aromatic amines is 1. The fourth-order valence-corrected chi connectivity index (χ4v) is 5.96. The number of thioether (sulfide) groups is 1. The largest absolute Gasteiger partial charge is 0.494 e. The van der Waals surface area contributed by atoms with E-state index in [9.17, 15) is 13.2 Å². The molecule has 2 aromatic rings. The summed E-state index contributed by atoms with van der Waals surface area (Å²) >= 11 is 1.34. The van der Waals surface area contributed by atoms with Gasteiger partial charge in [0.25, 0.3) is 0 Å². The molecule has 1 aromatic carbocycles. The molecule has 28 heavy (non-hydrogen) atoms. The number of ether oxygens (including phenoxy) is 1. The van der Waals surface area contributed by atoms with Crippen molar-refractivity contribution in [1.29, 1.82) is 0 Å².